The third-order valence-corrected chi connectivity index (χ3v) is 4.23. The van der Waals surface area contributed by atoms with Crippen LogP contribution in [0.1, 0.15) is 23.9 Å². The third kappa shape index (κ3) is 2.00. The first-order valence-electron chi connectivity index (χ1n) is 6.18. The maximum atomic E-state index is 12.3. The molecule has 1 aliphatic rings. The molecule has 20 heavy (non-hydrogen) atoms. The Balaban J connectivity index is 1.75. The molecule has 104 valence electrons. The van der Waals surface area contributed by atoms with Gasteiger partial charge in [-0.3, -0.25) is 14.9 Å². The first-order chi connectivity index (χ1) is 9.61. The fourth-order valence-electron chi connectivity index (χ4n) is 2.17. The molecule has 1 unspecified atom stereocenters. The molecule has 0 radical (unpaired) electrons. The number of nitrogens with zero attached hydrogens (tertiary/aromatic N) is 2. The lowest BCUT2D eigenvalue weighted by Gasteiger charge is -2.48. The summed E-state index contributed by atoms with van der Waals surface area (Å²) in [5.41, 5.74) is -0.852. The van der Waals surface area contributed by atoms with Crippen molar-refractivity contribution in [3.8, 4) is 0 Å². The van der Waals surface area contributed by atoms with E-state index in [0.717, 1.165) is 0 Å². The molecule has 1 N–H and O–H groups in total. The largest absolute Gasteiger partial charge is 0.459 e. The van der Waals surface area contributed by atoms with Gasteiger partial charge in [0, 0.05) is 18.1 Å². The van der Waals surface area contributed by atoms with Gasteiger partial charge in [-0.1, -0.05) is 0 Å². The molecule has 6 nitrogen and oxygen atoms in total. The monoisotopic (exact) mass is 291 g/mol. The Kier molecular flexibility index (Phi) is 3.06. The van der Waals surface area contributed by atoms with Crippen LogP contribution in [0.3, 0.4) is 0 Å². The smallest absolute Gasteiger partial charge is 0.290 e. The Labute approximate surface area is 119 Å². The van der Waals surface area contributed by atoms with Crippen molar-refractivity contribution in [2.45, 2.75) is 18.9 Å². The fraction of sp³-hybridized carbons (Fsp3) is 0.308. The van der Waals surface area contributed by atoms with Crippen LogP contribution >= 0.6 is 11.3 Å². The Morgan fingerprint density at radius 1 is 1.55 bits per heavy atom. The number of aromatic nitrogens is 1. The molecule has 0 aromatic carbocycles. The highest BCUT2D eigenvalue weighted by atomic mass is 32.1. The van der Waals surface area contributed by atoms with Crippen molar-refractivity contribution < 1.29 is 14.0 Å². The Bertz CT molecular complexity index is 623. The molecule has 2 aromatic heterocycles. The summed E-state index contributed by atoms with van der Waals surface area (Å²) in [6, 6.07) is 3.25. The van der Waals surface area contributed by atoms with Gasteiger partial charge in [-0.15, -0.1) is 11.3 Å². The molecule has 2 aromatic rings. The van der Waals surface area contributed by atoms with Crippen LogP contribution in [-0.2, 0) is 4.79 Å². The number of nitrogens with one attached hydrogen (secondary N) is 1. The number of rotatable bonds is 3. The molecule has 0 bridgehead atoms. The van der Waals surface area contributed by atoms with Gasteiger partial charge in [-0.25, -0.2) is 4.98 Å². The van der Waals surface area contributed by atoms with Gasteiger partial charge in [0.1, 0.15) is 5.54 Å². The van der Waals surface area contributed by atoms with Crippen molar-refractivity contribution in [1.29, 1.82) is 0 Å². The molecule has 1 aliphatic heterocycles. The van der Waals surface area contributed by atoms with E-state index in [0.29, 0.717) is 18.1 Å². The van der Waals surface area contributed by atoms with Crippen LogP contribution in [0.2, 0.25) is 0 Å². The summed E-state index contributed by atoms with van der Waals surface area (Å²) in [6.07, 6.45) is 3.69. The lowest BCUT2D eigenvalue weighted by molar-refractivity contribution is -0.132. The normalized spacial score (nSPS) is 21.4. The minimum atomic E-state index is -0.852. The molecule has 3 heterocycles. The molecule has 0 spiro atoms. The van der Waals surface area contributed by atoms with Crippen molar-refractivity contribution in [2.75, 3.05) is 11.9 Å². The van der Waals surface area contributed by atoms with Crippen LogP contribution in [0.15, 0.2) is 34.4 Å². The van der Waals surface area contributed by atoms with E-state index in [1.54, 1.807) is 30.6 Å². The highest BCUT2D eigenvalue weighted by Gasteiger charge is 2.50. The zero-order chi connectivity index (χ0) is 14.2. The fourth-order valence-corrected chi connectivity index (χ4v) is 2.69. The number of hydrogen-bond acceptors (Lipinski definition) is 5. The number of amides is 2. The summed E-state index contributed by atoms with van der Waals surface area (Å²) >= 11 is 1.34. The summed E-state index contributed by atoms with van der Waals surface area (Å²) in [5.74, 6) is -0.241. The molecule has 0 aliphatic carbocycles. The Morgan fingerprint density at radius 3 is 2.95 bits per heavy atom. The van der Waals surface area contributed by atoms with Crippen LogP contribution in [0, 0.1) is 0 Å². The molecule has 2 amide bonds. The number of thiazole rings is 1. The van der Waals surface area contributed by atoms with Gasteiger partial charge in [-0.05, 0) is 25.5 Å². The standard InChI is InChI=1S/C13H13N3O3S/c1-13(11(18)15-12-14-5-8-20-12)4-6-16(13)10(17)9-3-2-7-19-9/h2-3,5,7-8H,4,6H2,1H3,(H,14,15,18). The molecule has 1 atom stereocenters. The van der Waals surface area contributed by atoms with Crippen molar-refractivity contribution >= 4 is 28.3 Å². The van der Waals surface area contributed by atoms with Gasteiger partial charge in [0.2, 0.25) is 0 Å². The highest BCUT2D eigenvalue weighted by molar-refractivity contribution is 7.13. The van der Waals surface area contributed by atoms with Gasteiger partial charge in [0.25, 0.3) is 11.8 Å². The van der Waals surface area contributed by atoms with Crippen LogP contribution in [0.4, 0.5) is 5.13 Å². The minimum Gasteiger partial charge on any atom is -0.459 e. The molecule has 1 saturated heterocycles. The van der Waals surface area contributed by atoms with Crippen molar-refractivity contribution in [1.82, 2.24) is 9.88 Å². The summed E-state index contributed by atoms with van der Waals surface area (Å²) in [7, 11) is 0. The summed E-state index contributed by atoms with van der Waals surface area (Å²) in [5, 5.41) is 5.06. The van der Waals surface area contributed by atoms with Crippen LogP contribution in [0.25, 0.3) is 0 Å². The average molecular weight is 291 g/mol. The molecule has 1 fully saturated rings. The average Bonchev–Trinajstić information content (AvgIpc) is 3.08. The lowest BCUT2D eigenvalue weighted by Crippen LogP contribution is -2.66. The first kappa shape index (κ1) is 12.9. The van der Waals surface area contributed by atoms with Crippen LogP contribution in [-0.4, -0.2) is 33.8 Å². The maximum Gasteiger partial charge on any atom is 0.290 e. The van der Waals surface area contributed by atoms with Gasteiger partial charge in [-0.2, -0.15) is 0 Å². The number of carbonyl (C=O) groups is 2. The molecular weight excluding hydrogens is 278 g/mol. The predicted molar refractivity (Wildman–Crippen MR) is 73.5 cm³/mol. The quantitative estimate of drug-likeness (QED) is 0.938. The maximum absolute atomic E-state index is 12.3. The van der Waals surface area contributed by atoms with Gasteiger partial charge in [0.05, 0.1) is 6.26 Å². The summed E-state index contributed by atoms with van der Waals surface area (Å²) in [4.78, 5) is 30.1. The van der Waals surface area contributed by atoms with Crippen LogP contribution in [0.5, 0.6) is 0 Å². The molecular formula is C13H13N3O3S. The lowest BCUT2D eigenvalue weighted by atomic mass is 9.85. The summed E-state index contributed by atoms with van der Waals surface area (Å²) in [6.45, 7) is 2.29. The number of furan rings is 1. The molecule has 7 heteroatoms. The van der Waals surface area contributed by atoms with Crippen molar-refractivity contribution in [2.24, 2.45) is 0 Å². The first-order valence-corrected chi connectivity index (χ1v) is 7.06. The third-order valence-electron chi connectivity index (χ3n) is 3.54. The van der Waals surface area contributed by atoms with E-state index in [1.165, 1.54) is 22.5 Å². The van der Waals surface area contributed by atoms with E-state index in [-0.39, 0.29) is 17.6 Å². The van der Waals surface area contributed by atoms with Crippen molar-refractivity contribution in [3.63, 3.8) is 0 Å². The van der Waals surface area contributed by atoms with Gasteiger partial charge < -0.3 is 9.32 Å². The number of carbonyl (C=O) groups excluding carboxylic acids is 2. The topological polar surface area (TPSA) is 75.4 Å². The summed E-state index contributed by atoms with van der Waals surface area (Å²) < 4.78 is 5.10. The van der Waals surface area contributed by atoms with Crippen LogP contribution < -0.4 is 5.32 Å². The van der Waals surface area contributed by atoms with Gasteiger partial charge >= 0.3 is 0 Å². The van der Waals surface area contributed by atoms with E-state index in [2.05, 4.69) is 10.3 Å². The number of anilines is 1. The second kappa shape index (κ2) is 4.75. The zero-order valence-corrected chi connectivity index (χ0v) is 11.6. The SMILES string of the molecule is CC1(C(=O)Nc2nccs2)CCN1C(=O)c1ccco1. The van der Waals surface area contributed by atoms with E-state index >= 15 is 0 Å². The molecule has 0 saturated carbocycles. The highest BCUT2D eigenvalue weighted by Crippen LogP contribution is 2.33. The van der Waals surface area contributed by atoms with Crippen molar-refractivity contribution in [3.05, 3.63) is 35.7 Å². The van der Waals surface area contributed by atoms with E-state index in [9.17, 15) is 9.59 Å². The zero-order valence-electron chi connectivity index (χ0n) is 10.8. The molecule has 3 rings (SSSR count). The van der Waals surface area contributed by atoms with Gasteiger partial charge in [0.15, 0.2) is 10.9 Å². The van der Waals surface area contributed by atoms with E-state index < -0.39 is 5.54 Å². The second-order valence-electron chi connectivity index (χ2n) is 4.75. The van der Waals surface area contributed by atoms with E-state index in [1.807, 2.05) is 0 Å². The Morgan fingerprint density at radius 2 is 2.40 bits per heavy atom. The number of likely N-dealkylation sites (tertiary alicyclic amines) is 1. The number of hydrogen-bond donors (Lipinski definition) is 1. The minimum absolute atomic E-state index is 0.224. The Hall–Kier alpha value is -2.15. The van der Waals surface area contributed by atoms with E-state index in [4.69, 9.17) is 4.42 Å². The predicted octanol–water partition coefficient (Wildman–Crippen LogP) is 1.98. The second-order valence-corrected chi connectivity index (χ2v) is 5.64.